The number of carbonyl (C=O) groups is 1. The van der Waals surface area contributed by atoms with Crippen molar-refractivity contribution in [3.8, 4) is 5.75 Å². The first-order valence-corrected chi connectivity index (χ1v) is 8.72. The van der Waals surface area contributed by atoms with Gasteiger partial charge in [0.1, 0.15) is 5.75 Å². The molecule has 0 aromatic heterocycles. The highest BCUT2D eigenvalue weighted by Gasteiger charge is 2.18. The van der Waals surface area contributed by atoms with Crippen LogP contribution in [0.5, 0.6) is 5.75 Å². The Hall–Kier alpha value is -2.04. The lowest BCUT2D eigenvalue weighted by Crippen LogP contribution is -2.34. The topological polar surface area (TPSA) is 41.6 Å². The highest BCUT2D eigenvalue weighted by molar-refractivity contribution is 6.31. The van der Waals surface area contributed by atoms with Crippen LogP contribution in [0.1, 0.15) is 35.8 Å². The maximum absolute atomic E-state index is 12.4. The zero-order valence-corrected chi connectivity index (χ0v) is 15.9. The Morgan fingerprint density at radius 1 is 1.12 bits per heavy atom. The van der Waals surface area contributed by atoms with Crippen molar-refractivity contribution >= 4 is 17.5 Å². The monoisotopic (exact) mass is 360 g/mol. The molecular weight excluding hydrogens is 336 g/mol. The van der Waals surface area contributed by atoms with E-state index in [2.05, 4.69) is 5.32 Å². The molecule has 0 saturated carbocycles. The highest BCUT2D eigenvalue weighted by atomic mass is 35.5. The second-order valence-corrected chi connectivity index (χ2v) is 6.81. The third kappa shape index (κ3) is 5.48. The number of ether oxygens (including phenoxy) is 1. The van der Waals surface area contributed by atoms with Crippen molar-refractivity contribution in [3.05, 3.63) is 64.7 Å². The molecule has 1 atom stereocenters. The summed E-state index contributed by atoms with van der Waals surface area (Å²) in [7, 11) is 3.94. The average molecular weight is 361 g/mol. The Morgan fingerprint density at radius 2 is 1.76 bits per heavy atom. The van der Waals surface area contributed by atoms with Crippen LogP contribution in [0.3, 0.4) is 0 Å². The fourth-order valence-corrected chi connectivity index (χ4v) is 2.83. The summed E-state index contributed by atoms with van der Waals surface area (Å²) in [5.74, 6) is 0.642. The molecule has 1 N–H and O–H groups in total. The number of amides is 1. The molecule has 0 aliphatic rings. The van der Waals surface area contributed by atoms with Crippen LogP contribution in [0.15, 0.2) is 48.5 Å². The SMILES string of the molecule is CC(C)Oc1ccc(C(=O)NCC(c2ccccc2Cl)N(C)C)cc1. The second-order valence-electron chi connectivity index (χ2n) is 6.40. The first-order valence-electron chi connectivity index (χ1n) is 8.34. The Balaban J connectivity index is 2.03. The summed E-state index contributed by atoms with van der Waals surface area (Å²) in [6, 6.07) is 14.9. The maximum Gasteiger partial charge on any atom is 0.251 e. The smallest absolute Gasteiger partial charge is 0.251 e. The molecule has 1 amide bonds. The molecule has 1 unspecified atom stereocenters. The van der Waals surface area contributed by atoms with Crippen molar-refractivity contribution in [1.82, 2.24) is 10.2 Å². The van der Waals surface area contributed by atoms with Gasteiger partial charge in [-0.25, -0.2) is 0 Å². The number of nitrogens with zero attached hydrogens (tertiary/aromatic N) is 1. The molecule has 0 aliphatic carbocycles. The molecule has 4 nitrogen and oxygen atoms in total. The van der Waals surface area contributed by atoms with Gasteiger partial charge in [0.25, 0.3) is 5.91 Å². The van der Waals surface area contributed by atoms with Crippen molar-refractivity contribution < 1.29 is 9.53 Å². The summed E-state index contributed by atoms with van der Waals surface area (Å²) < 4.78 is 5.60. The zero-order chi connectivity index (χ0) is 18.4. The Kier molecular flexibility index (Phi) is 6.85. The van der Waals surface area contributed by atoms with E-state index in [9.17, 15) is 4.79 Å². The minimum atomic E-state index is -0.116. The number of hydrogen-bond donors (Lipinski definition) is 1. The summed E-state index contributed by atoms with van der Waals surface area (Å²) in [5.41, 5.74) is 1.60. The molecule has 0 radical (unpaired) electrons. The molecule has 2 rings (SSSR count). The maximum atomic E-state index is 12.4. The van der Waals surface area contributed by atoms with Gasteiger partial charge in [-0.05, 0) is 63.8 Å². The van der Waals surface area contributed by atoms with E-state index in [-0.39, 0.29) is 18.1 Å². The van der Waals surface area contributed by atoms with Gasteiger partial charge in [0, 0.05) is 17.1 Å². The number of carbonyl (C=O) groups excluding carboxylic acids is 1. The van der Waals surface area contributed by atoms with E-state index in [1.54, 1.807) is 12.1 Å². The standard InChI is InChI=1S/C20H25ClN2O2/c1-14(2)25-16-11-9-15(10-12-16)20(24)22-13-19(23(3)4)17-7-5-6-8-18(17)21/h5-12,14,19H,13H2,1-4H3,(H,22,24). The minimum absolute atomic E-state index is 0.00111. The van der Waals surface area contributed by atoms with E-state index >= 15 is 0 Å². The molecule has 2 aromatic carbocycles. The van der Waals surface area contributed by atoms with Gasteiger partial charge in [-0.3, -0.25) is 4.79 Å². The molecule has 0 aliphatic heterocycles. The van der Waals surface area contributed by atoms with Crippen LogP contribution in [0, 0.1) is 0 Å². The first kappa shape index (κ1) is 19.3. The highest BCUT2D eigenvalue weighted by Crippen LogP contribution is 2.25. The van der Waals surface area contributed by atoms with E-state index in [4.69, 9.17) is 16.3 Å². The summed E-state index contributed by atoms with van der Waals surface area (Å²) in [6.07, 6.45) is 0.108. The van der Waals surface area contributed by atoms with E-state index in [0.717, 1.165) is 11.3 Å². The van der Waals surface area contributed by atoms with Crippen molar-refractivity contribution in [3.63, 3.8) is 0 Å². The average Bonchev–Trinajstić information content (AvgIpc) is 2.56. The van der Waals surface area contributed by atoms with Crippen LogP contribution in [0.2, 0.25) is 5.02 Å². The predicted octanol–water partition coefficient (Wildman–Crippen LogP) is 4.16. The van der Waals surface area contributed by atoms with Crippen LogP contribution in [0.25, 0.3) is 0 Å². The number of benzene rings is 2. The van der Waals surface area contributed by atoms with Gasteiger partial charge in [0.2, 0.25) is 0 Å². The van der Waals surface area contributed by atoms with Crippen LogP contribution in [0.4, 0.5) is 0 Å². The van der Waals surface area contributed by atoms with Gasteiger partial charge in [-0.1, -0.05) is 29.8 Å². The Labute approximate surface area is 154 Å². The molecule has 2 aromatic rings. The zero-order valence-electron chi connectivity index (χ0n) is 15.1. The van der Waals surface area contributed by atoms with E-state index < -0.39 is 0 Å². The van der Waals surface area contributed by atoms with Crippen molar-refractivity contribution in [2.45, 2.75) is 26.0 Å². The van der Waals surface area contributed by atoms with Crippen molar-refractivity contribution in [1.29, 1.82) is 0 Å². The largest absolute Gasteiger partial charge is 0.491 e. The van der Waals surface area contributed by atoms with E-state index in [0.29, 0.717) is 17.1 Å². The molecule has 0 fully saturated rings. The molecule has 134 valence electrons. The summed E-state index contributed by atoms with van der Waals surface area (Å²) in [4.78, 5) is 14.5. The molecule has 5 heteroatoms. The summed E-state index contributed by atoms with van der Waals surface area (Å²) in [6.45, 7) is 4.41. The summed E-state index contributed by atoms with van der Waals surface area (Å²) in [5, 5.41) is 3.69. The fourth-order valence-electron chi connectivity index (χ4n) is 2.56. The van der Waals surface area contributed by atoms with E-state index in [1.165, 1.54) is 0 Å². The van der Waals surface area contributed by atoms with Crippen molar-refractivity contribution in [2.24, 2.45) is 0 Å². The van der Waals surface area contributed by atoms with Gasteiger partial charge in [0.15, 0.2) is 0 Å². The Bertz CT molecular complexity index is 699. The second kappa shape index (κ2) is 8.88. The molecule has 0 spiro atoms. The van der Waals surface area contributed by atoms with Crippen LogP contribution >= 0.6 is 11.6 Å². The van der Waals surface area contributed by atoms with Crippen LogP contribution < -0.4 is 10.1 Å². The molecule has 0 saturated heterocycles. The summed E-state index contributed by atoms with van der Waals surface area (Å²) >= 11 is 6.30. The lowest BCUT2D eigenvalue weighted by Gasteiger charge is -2.26. The van der Waals surface area contributed by atoms with Gasteiger partial charge in [-0.15, -0.1) is 0 Å². The lowest BCUT2D eigenvalue weighted by atomic mass is 10.1. The molecule has 0 bridgehead atoms. The molecular formula is C20H25ClN2O2. The molecule has 0 heterocycles. The number of likely N-dealkylation sites (N-methyl/N-ethyl adjacent to an activating group) is 1. The third-order valence-electron chi connectivity index (χ3n) is 3.83. The van der Waals surface area contributed by atoms with Gasteiger partial charge < -0.3 is 15.0 Å². The van der Waals surface area contributed by atoms with Gasteiger partial charge in [-0.2, -0.15) is 0 Å². The number of halogens is 1. The minimum Gasteiger partial charge on any atom is -0.491 e. The normalized spacial score (nSPS) is 12.3. The third-order valence-corrected chi connectivity index (χ3v) is 4.18. The Morgan fingerprint density at radius 3 is 2.32 bits per heavy atom. The molecule has 25 heavy (non-hydrogen) atoms. The van der Waals surface area contributed by atoms with Crippen molar-refractivity contribution in [2.75, 3.05) is 20.6 Å². The van der Waals surface area contributed by atoms with Gasteiger partial charge >= 0.3 is 0 Å². The predicted molar refractivity (Wildman–Crippen MR) is 102 cm³/mol. The van der Waals surface area contributed by atoms with Gasteiger partial charge in [0.05, 0.1) is 12.1 Å². The number of hydrogen-bond acceptors (Lipinski definition) is 3. The van der Waals surface area contributed by atoms with E-state index in [1.807, 2.05) is 69.2 Å². The lowest BCUT2D eigenvalue weighted by molar-refractivity contribution is 0.0942. The number of nitrogens with one attached hydrogen (secondary N) is 1. The first-order chi connectivity index (χ1) is 11.9. The fraction of sp³-hybridized carbons (Fsp3) is 0.350. The number of rotatable bonds is 7. The van der Waals surface area contributed by atoms with Crippen LogP contribution in [-0.2, 0) is 0 Å². The van der Waals surface area contributed by atoms with Crippen LogP contribution in [-0.4, -0.2) is 37.6 Å². The quantitative estimate of drug-likeness (QED) is 0.806.